The van der Waals surface area contributed by atoms with Crippen molar-refractivity contribution in [2.24, 2.45) is 5.92 Å². The number of carbonyl (C=O) groups is 1. The molecule has 0 spiro atoms. The molecule has 0 amide bonds. The molecule has 25 heavy (non-hydrogen) atoms. The fourth-order valence-electron chi connectivity index (χ4n) is 2.57. The van der Waals surface area contributed by atoms with Gasteiger partial charge in [0.05, 0.1) is 18.8 Å². The van der Waals surface area contributed by atoms with Crippen molar-refractivity contribution in [3.8, 4) is 0 Å². The minimum atomic E-state index is -1.14. The van der Waals surface area contributed by atoms with Gasteiger partial charge in [0, 0.05) is 12.8 Å². The Morgan fingerprint density at radius 3 is 2.40 bits per heavy atom. The first-order chi connectivity index (χ1) is 11.7. The lowest BCUT2D eigenvalue weighted by molar-refractivity contribution is -0.285. The van der Waals surface area contributed by atoms with Crippen molar-refractivity contribution < 1.29 is 29.2 Å². The summed E-state index contributed by atoms with van der Waals surface area (Å²) in [7, 11) is 0. The minimum Gasteiger partial charge on any atom is -0.463 e. The topological polar surface area (TPSA) is 85.2 Å². The Balaban J connectivity index is 2.52. The summed E-state index contributed by atoms with van der Waals surface area (Å²) in [5, 5.41) is 20.3. The highest BCUT2D eigenvalue weighted by atomic mass is 16.7. The van der Waals surface area contributed by atoms with Crippen LogP contribution in [0.5, 0.6) is 0 Å². The van der Waals surface area contributed by atoms with Gasteiger partial charge in [-0.15, -0.1) is 0 Å². The van der Waals surface area contributed by atoms with Gasteiger partial charge in [0.15, 0.2) is 6.29 Å². The number of hydrogen-bond donors (Lipinski definition) is 2. The quantitative estimate of drug-likeness (QED) is 0.513. The Bertz CT molecular complexity index is 480. The first-order valence-corrected chi connectivity index (χ1v) is 8.78. The van der Waals surface area contributed by atoms with E-state index < -0.39 is 30.6 Å². The van der Waals surface area contributed by atoms with E-state index in [2.05, 4.69) is 19.9 Å². The van der Waals surface area contributed by atoms with Gasteiger partial charge in [-0.25, -0.2) is 0 Å². The molecular formula is C19H32O6. The van der Waals surface area contributed by atoms with Gasteiger partial charge >= 0.3 is 5.97 Å². The lowest BCUT2D eigenvalue weighted by Gasteiger charge is -2.40. The number of rotatable bonds is 8. The second-order valence-electron chi connectivity index (χ2n) is 6.89. The van der Waals surface area contributed by atoms with E-state index in [1.54, 1.807) is 6.92 Å². The van der Waals surface area contributed by atoms with Crippen LogP contribution in [0.15, 0.2) is 23.3 Å². The molecule has 1 aliphatic heterocycles. The van der Waals surface area contributed by atoms with E-state index in [-0.39, 0.29) is 19.1 Å². The van der Waals surface area contributed by atoms with Crippen molar-refractivity contribution >= 4 is 5.97 Å². The Morgan fingerprint density at radius 2 is 1.80 bits per heavy atom. The molecular weight excluding hydrogens is 324 g/mol. The van der Waals surface area contributed by atoms with Crippen molar-refractivity contribution in [3.63, 3.8) is 0 Å². The van der Waals surface area contributed by atoms with Crippen LogP contribution in [-0.4, -0.2) is 54.0 Å². The van der Waals surface area contributed by atoms with E-state index in [1.165, 1.54) is 18.1 Å². The molecule has 0 radical (unpaired) electrons. The molecule has 0 bridgehead atoms. The third-order valence-corrected chi connectivity index (χ3v) is 4.30. The zero-order valence-electron chi connectivity index (χ0n) is 15.9. The van der Waals surface area contributed by atoms with Gasteiger partial charge in [0.1, 0.15) is 12.7 Å². The smallest absolute Gasteiger partial charge is 0.302 e. The van der Waals surface area contributed by atoms with E-state index >= 15 is 0 Å². The molecule has 0 aromatic rings. The van der Waals surface area contributed by atoms with Gasteiger partial charge in [-0.3, -0.25) is 4.79 Å². The van der Waals surface area contributed by atoms with Crippen molar-refractivity contribution in [3.05, 3.63) is 23.3 Å². The molecule has 0 aromatic heterocycles. The standard InChI is InChI=1S/C19H32O6/c1-12(2)7-6-8-13(3)9-10-23-19-18(22)17(21)14(4)16(25-19)11-24-15(5)20/h7,9,14,16-19,21-22H,6,8,10-11H2,1-5H3/b13-9+/t14-,16-,17+,18-,19?/m1/s1. The van der Waals surface area contributed by atoms with Crippen LogP contribution in [-0.2, 0) is 19.0 Å². The van der Waals surface area contributed by atoms with Gasteiger partial charge in [-0.05, 0) is 33.6 Å². The number of esters is 1. The van der Waals surface area contributed by atoms with Crippen LogP contribution in [0.3, 0.4) is 0 Å². The lowest BCUT2D eigenvalue weighted by Crippen LogP contribution is -2.55. The van der Waals surface area contributed by atoms with Crippen LogP contribution < -0.4 is 0 Å². The third-order valence-electron chi connectivity index (χ3n) is 4.30. The van der Waals surface area contributed by atoms with E-state index in [0.717, 1.165) is 12.8 Å². The second kappa shape index (κ2) is 10.7. The summed E-state index contributed by atoms with van der Waals surface area (Å²) >= 11 is 0. The number of hydrogen-bond acceptors (Lipinski definition) is 6. The number of ether oxygens (including phenoxy) is 3. The molecule has 1 heterocycles. The van der Waals surface area contributed by atoms with Crippen molar-refractivity contribution in [2.45, 2.75) is 72.1 Å². The molecule has 0 saturated carbocycles. The molecule has 5 atom stereocenters. The number of aliphatic hydroxyl groups is 2. The van der Waals surface area contributed by atoms with E-state index in [0.29, 0.717) is 0 Å². The van der Waals surface area contributed by atoms with Crippen molar-refractivity contribution in [2.75, 3.05) is 13.2 Å². The van der Waals surface area contributed by atoms with Crippen LogP contribution in [0, 0.1) is 5.92 Å². The van der Waals surface area contributed by atoms with Gasteiger partial charge < -0.3 is 24.4 Å². The Hall–Kier alpha value is -1.21. The van der Waals surface area contributed by atoms with Crippen LogP contribution in [0.2, 0.25) is 0 Å². The fourth-order valence-corrected chi connectivity index (χ4v) is 2.57. The summed E-state index contributed by atoms with van der Waals surface area (Å²) in [5.41, 5.74) is 2.48. The molecule has 2 N–H and O–H groups in total. The van der Waals surface area contributed by atoms with Gasteiger partial charge in [-0.2, -0.15) is 0 Å². The van der Waals surface area contributed by atoms with E-state index in [4.69, 9.17) is 14.2 Å². The predicted molar refractivity (Wildman–Crippen MR) is 94.8 cm³/mol. The summed E-state index contributed by atoms with van der Waals surface area (Å²) in [4.78, 5) is 11.0. The average molecular weight is 356 g/mol. The summed E-state index contributed by atoms with van der Waals surface area (Å²) in [5.74, 6) is -0.778. The van der Waals surface area contributed by atoms with Crippen LogP contribution >= 0.6 is 0 Å². The fraction of sp³-hybridized carbons (Fsp3) is 0.737. The Morgan fingerprint density at radius 1 is 1.12 bits per heavy atom. The highest BCUT2D eigenvalue weighted by molar-refractivity contribution is 5.65. The largest absolute Gasteiger partial charge is 0.463 e. The number of aliphatic hydroxyl groups excluding tert-OH is 2. The molecule has 1 fully saturated rings. The molecule has 6 heteroatoms. The summed E-state index contributed by atoms with van der Waals surface area (Å²) in [6.45, 7) is 9.54. The van der Waals surface area contributed by atoms with Crippen molar-refractivity contribution in [1.82, 2.24) is 0 Å². The molecule has 1 rings (SSSR count). The maximum absolute atomic E-state index is 11.0. The predicted octanol–water partition coefficient (Wildman–Crippen LogP) is 2.34. The first kappa shape index (κ1) is 21.8. The Labute approximate surface area is 150 Å². The first-order valence-electron chi connectivity index (χ1n) is 8.78. The van der Waals surface area contributed by atoms with Crippen LogP contribution in [0.25, 0.3) is 0 Å². The minimum absolute atomic E-state index is 0.0255. The van der Waals surface area contributed by atoms with Crippen molar-refractivity contribution in [1.29, 1.82) is 0 Å². The summed E-state index contributed by atoms with van der Waals surface area (Å²) in [6.07, 6.45) is 2.45. The maximum Gasteiger partial charge on any atom is 0.302 e. The third kappa shape index (κ3) is 7.69. The Kier molecular flexibility index (Phi) is 9.35. The monoisotopic (exact) mass is 356 g/mol. The van der Waals surface area contributed by atoms with Gasteiger partial charge in [0.2, 0.25) is 0 Å². The number of allylic oxidation sites excluding steroid dienone is 3. The summed E-state index contributed by atoms with van der Waals surface area (Å²) in [6, 6.07) is 0. The zero-order chi connectivity index (χ0) is 19.0. The summed E-state index contributed by atoms with van der Waals surface area (Å²) < 4.78 is 16.2. The lowest BCUT2D eigenvalue weighted by atomic mass is 9.91. The highest BCUT2D eigenvalue weighted by Crippen LogP contribution is 2.27. The van der Waals surface area contributed by atoms with Crippen LogP contribution in [0.1, 0.15) is 47.5 Å². The molecule has 1 unspecified atom stereocenters. The van der Waals surface area contributed by atoms with Crippen LogP contribution in [0.4, 0.5) is 0 Å². The SMILES string of the molecule is CC(=O)OC[C@H]1OC(OC/C=C(\C)CCC=C(C)C)[C@H](O)[C@@H](O)[C@@H]1C. The van der Waals surface area contributed by atoms with Gasteiger partial charge in [-0.1, -0.05) is 30.2 Å². The zero-order valence-corrected chi connectivity index (χ0v) is 15.9. The second-order valence-corrected chi connectivity index (χ2v) is 6.89. The maximum atomic E-state index is 11.0. The van der Waals surface area contributed by atoms with Gasteiger partial charge in [0.25, 0.3) is 0 Å². The van der Waals surface area contributed by atoms with E-state index in [1.807, 2.05) is 13.0 Å². The molecule has 6 nitrogen and oxygen atoms in total. The average Bonchev–Trinajstić information content (AvgIpc) is 2.53. The molecule has 1 saturated heterocycles. The molecule has 1 aliphatic rings. The normalized spacial score (nSPS) is 30.0. The number of carbonyl (C=O) groups excluding carboxylic acids is 1. The molecule has 144 valence electrons. The van der Waals surface area contributed by atoms with E-state index in [9.17, 15) is 15.0 Å². The molecule has 0 aromatic carbocycles. The molecule has 0 aliphatic carbocycles. The highest BCUT2D eigenvalue weighted by Gasteiger charge is 2.43.